The Balaban J connectivity index is 3.66. The molecule has 7 heteroatoms. The molecule has 0 aromatic rings. The maximum absolute atomic E-state index is 5.88. The molecular weight excluding hydrogens is 400 g/mol. The van der Waals surface area contributed by atoms with Crippen molar-refractivity contribution in [2.75, 3.05) is 32.9 Å². The molecule has 0 spiro atoms. The van der Waals surface area contributed by atoms with Gasteiger partial charge in [-0.15, -0.1) is 0 Å². The highest BCUT2D eigenvalue weighted by Gasteiger charge is 2.39. The van der Waals surface area contributed by atoms with E-state index in [0.717, 1.165) is 30.7 Å². The molecule has 0 aromatic heterocycles. The lowest BCUT2D eigenvalue weighted by molar-refractivity contribution is 0.0709. The van der Waals surface area contributed by atoms with E-state index in [1.807, 2.05) is 20.8 Å². The van der Waals surface area contributed by atoms with Crippen molar-refractivity contribution in [3.63, 3.8) is 0 Å². The van der Waals surface area contributed by atoms with E-state index < -0.39 is 8.80 Å². The molecule has 0 radical (unpaired) electrons. The molecule has 0 aliphatic rings. The Morgan fingerprint density at radius 1 is 0.621 bits per heavy atom. The van der Waals surface area contributed by atoms with E-state index in [0.29, 0.717) is 19.8 Å². The highest BCUT2D eigenvalue weighted by atomic mass is 32.1. The van der Waals surface area contributed by atoms with Gasteiger partial charge < -0.3 is 23.9 Å². The van der Waals surface area contributed by atoms with Gasteiger partial charge >= 0.3 is 8.80 Å². The third kappa shape index (κ3) is 17.2. The topological polar surface area (TPSA) is 51.8 Å². The number of rotatable bonds is 21. The molecule has 0 aliphatic heterocycles. The van der Waals surface area contributed by atoms with Gasteiger partial charge in [0.25, 0.3) is 0 Å². The summed E-state index contributed by atoms with van der Waals surface area (Å²) in [5.74, 6) is 0. The highest BCUT2D eigenvalue weighted by Crippen LogP contribution is 2.17. The lowest BCUT2D eigenvalue weighted by atomic mass is 10.1. The Labute approximate surface area is 187 Å². The van der Waals surface area contributed by atoms with Crippen molar-refractivity contribution in [2.45, 2.75) is 104 Å². The highest BCUT2D eigenvalue weighted by molar-refractivity contribution is 7.80. The Morgan fingerprint density at radius 3 is 1.48 bits per heavy atom. The molecule has 29 heavy (non-hydrogen) atoms. The molecule has 0 saturated carbocycles. The van der Waals surface area contributed by atoms with Crippen LogP contribution in [0.15, 0.2) is 0 Å². The predicted molar refractivity (Wildman–Crippen MR) is 131 cm³/mol. The number of nitrogens with one attached hydrogen (secondary N) is 2. The van der Waals surface area contributed by atoms with Gasteiger partial charge in [-0.1, -0.05) is 64.7 Å². The second-order valence-corrected chi connectivity index (χ2v) is 10.6. The van der Waals surface area contributed by atoms with Gasteiger partial charge in [0.1, 0.15) is 0 Å². The molecular formula is C22H48N2O3SSi. The first-order valence-electron chi connectivity index (χ1n) is 12.1. The van der Waals surface area contributed by atoms with Gasteiger partial charge in [-0.05, 0) is 45.8 Å². The Morgan fingerprint density at radius 2 is 1.03 bits per heavy atom. The minimum Gasteiger partial charge on any atom is -0.374 e. The van der Waals surface area contributed by atoms with Crippen molar-refractivity contribution in [1.29, 1.82) is 0 Å². The molecule has 0 fully saturated rings. The molecule has 0 unspecified atom stereocenters. The fourth-order valence-corrected chi connectivity index (χ4v) is 6.20. The van der Waals surface area contributed by atoms with Crippen molar-refractivity contribution < 1.29 is 13.3 Å². The fourth-order valence-electron chi connectivity index (χ4n) is 3.38. The van der Waals surface area contributed by atoms with Crippen molar-refractivity contribution in [3.05, 3.63) is 0 Å². The zero-order valence-electron chi connectivity index (χ0n) is 19.7. The van der Waals surface area contributed by atoms with E-state index in [1.165, 1.54) is 64.2 Å². The van der Waals surface area contributed by atoms with Gasteiger partial charge in [-0.3, -0.25) is 0 Å². The van der Waals surface area contributed by atoms with E-state index >= 15 is 0 Å². The first-order valence-corrected chi connectivity index (χ1v) is 14.4. The average Bonchev–Trinajstić information content (AvgIpc) is 2.70. The van der Waals surface area contributed by atoms with Crippen LogP contribution < -0.4 is 10.6 Å². The van der Waals surface area contributed by atoms with Crippen molar-refractivity contribution in [3.8, 4) is 0 Å². The van der Waals surface area contributed by atoms with Crippen LogP contribution in [0.5, 0.6) is 0 Å². The van der Waals surface area contributed by atoms with E-state index in [-0.39, 0.29) is 0 Å². The van der Waals surface area contributed by atoms with Crippen LogP contribution >= 0.6 is 12.2 Å². The van der Waals surface area contributed by atoms with Crippen molar-refractivity contribution >= 4 is 26.1 Å². The Bertz CT molecular complexity index is 359. The van der Waals surface area contributed by atoms with E-state index in [9.17, 15) is 0 Å². The quantitative estimate of drug-likeness (QED) is 0.131. The van der Waals surface area contributed by atoms with Crippen LogP contribution in [0.25, 0.3) is 0 Å². The van der Waals surface area contributed by atoms with Crippen LogP contribution in [0.1, 0.15) is 98.3 Å². The number of hydrogen-bond donors (Lipinski definition) is 2. The summed E-state index contributed by atoms with van der Waals surface area (Å²) in [5.41, 5.74) is 0. The second-order valence-electron chi connectivity index (χ2n) is 7.45. The summed E-state index contributed by atoms with van der Waals surface area (Å²) in [7, 11) is -2.53. The largest absolute Gasteiger partial charge is 0.500 e. The first kappa shape index (κ1) is 28.8. The summed E-state index contributed by atoms with van der Waals surface area (Å²) in [5, 5.41) is 7.36. The number of hydrogen-bond acceptors (Lipinski definition) is 4. The molecule has 174 valence electrons. The maximum atomic E-state index is 5.88. The minimum atomic E-state index is -2.53. The maximum Gasteiger partial charge on any atom is 0.500 e. The molecule has 0 atom stereocenters. The zero-order chi connectivity index (χ0) is 21.6. The summed E-state index contributed by atoms with van der Waals surface area (Å²) in [6.45, 7) is 11.9. The van der Waals surface area contributed by atoms with Crippen LogP contribution in [-0.4, -0.2) is 46.8 Å². The van der Waals surface area contributed by atoms with Gasteiger partial charge in [0.2, 0.25) is 0 Å². The van der Waals surface area contributed by atoms with Gasteiger partial charge in [0.05, 0.1) is 0 Å². The van der Waals surface area contributed by atoms with Crippen LogP contribution in [0, 0.1) is 0 Å². The lowest BCUT2D eigenvalue weighted by Gasteiger charge is -2.28. The monoisotopic (exact) mass is 448 g/mol. The van der Waals surface area contributed by atoms with Gasteiger partial charge in [-0.2, -0.15) is 0 Å². The Kier molecular flexibility index (Phi) is 20.9. The zero-order valence-corrected chi connectivity index (χ0v) is 21.5. The summed E-state index contributed by atoms with van der Waals surface area (Å²) in [6.07, 6.45) is 14.5. The molecule has 0 bridgehead atoms. The van der Waals surface area contributed by atoms with Crippen LogP contribution in [-0.2, 0) is 13.3 Å². The number of thiocarbonyl (C=S) groups is 1. The molecule has 5 nitrogen and oxygen atoms in total. The lowest BCUT2D eigenvalue weighted by Crippen LogP contribution is -2.46. The first-order chi connectivity index (χ1) is 14.1. The molecule has 0 heterocycles. The molecule has 0 saturated heterocycles. The van der Waals surface area contributed by atoms with Gasteiger partial charge in [0, 0.05) is 39.0 Å². The van der Waals surface area contributed by atoms with E-state index in [4.69, 9.17) is 25.5 Å². The Hall–Kier alpha value is -0.213. The van der Waals surface area contributed by atoms with Crippen LogP contribution in [0.2, 0.25) is 6.04 Å². The molecule has 0 amide bonds. The summed E-state index contributed by atoms with van der Waals surface area (Å²) in [6, 6.07) is 0.816. The summed E-state index contributed by atoms with van der Waals surface area (Å²) >= 11 is 5.38. The van der Waals surface area contributed by atoms with E-state index in [1.54, 1.807) is 0 Å². The van der Waals surface area contributed by atoms with Crippen LogP contribution in [0.4, 0.5) is 0 Å². The number of unbranched alkanes of at least 4 members (excludes halogenated alkanes) is 9. The molecule has 0 aromatic carbocycles. The fraction of sp³-hybridized carbons (Fsp3) is 0.955. The molecule has 0 rings (SSSR count). The normalized spacial score (nSPS) is 11.6. The minimum absolute atomic E-state index is 0.623. The summed E-state index contributed by atoms with van der Waals surface area (Å²) < 4.78 is 17.6. The molecule has 0 aliphatic carbocycles. The van der Waals surface area contributed by atoms with Crippen LogP contribution in [0.3, 0.4) is 0 Å². The smallest absolute Gasteiger partial charge is 0.374 e. The van der Waals surface area contributed by atoms with Gasteiger partial charge in [-0.25, -0.2) is 0 Å². The average molecular weight is 449 g/mol. The third-order valence-electron chi connectivity index (χ3n) is 4.85. The van der Waals surface area contributed by atoms with Crippen molar-refractivity contribution in [1.82, 2.24) is 10.6 Å². The second kappa shape index (κ2) is 21.0. The summed E-state index contributed by atoms with van der Waals surface area (Å²) in [4.78, 5) is 0. The SMILES string of the molecule is CCCCCCCCCCCCNC(=S)NCCC[Si](OCC)(OCC)OCC. The van der Waals surface area contributed by atoms with E-state index in [2.05, 4.69) is 17.6 Å². The standard InChI is InChI=1S/C22H48N2O3SSi/c1-5-9-10-11-12-13-14-15-16-17-19-23-22(28)24-20-18-21-29(25-6-2,26-7-3)27-8-4/h5-21H2,1-4H3,(H2,23,24,28). The molecule has 2 N–H and O–H groups in total. The van der Waals surface area contributed by atoms with Gasteiger partial charge in [0.15, 0.2) is 5.11 Å². The van der Waals surface area contributed by atoms with Crippen molar-refractivity contribution in [2.24, 2.45) is 0 Å². The third-order valence-corrected chi connectivity index (χ3v) is 8.29. The predicted octanol–water partition coefficient (Wildman–Crippen LogP) is 5.81.